The third-order valence-corrected chi connectivity index (χ3v) is 3.10. The molecule has 2 rings (SSSR count). The van der Waals surface area contributed by atoms with Crippen LogP contribution in [0.4, 0.5) is 5.69 Å². The number of carbonyl (C=O) groups is 2. The van der Waals surface area contributed by atoms with Crippen molar-refractivity contribution in [1.29, 1.82) is 5.26 Å². The van der Waals surface area contributed by atoms with Gasteiger partial charge in [-0.2, -0.15) is 5.26 Å². The van der Waals surface area contributed by atoms with Gasteiger partial charge in [-0.15, -0.1) is 6.58 Å². The van der Waals surface area contributed by atoms with E-state index in [1.165, 1.54) is 0 Å². The summed E-state index contributed by atoms with van der Waals surface area (Å²) in [6, 6.07) is 15.0. The van der Waals surface area contributed by atoms with Gasteiger partial charge in [-0.1, -0.05) is 18.2 Å². The molecule has 5 heteroatoms. The summed E-state index contributed by atoms with van der Waals surface area (Å²) in [6.45, 7) is 3.89. The van der Waals surface area contributed by atoms with Crippen LogP contribution in [0.25, 0.3) is 0 Å². The molecule has 0 aliphatic carbocycles. The predicted octanol–water partition coefficient (Wildman–Crippen LogP) is 2.73. The van der Waals surface area contributed by atoms with Crippen LogP contribution < -0.4 is 10.6 Å². The Balaban J connectivity index is 2.19. The van der Waals surface area contributed by atoms with Gasteiger partial charge < -0.3 is 10.6 Å². The van der Waals surface area contributed by atoms with E-state index >= 15 is 0 Å². The summed E-state index contributed by atoms with van der Waals surface area (Å²) in [5.74, 6) is -0.640. The maximum absolute atomic E-state index is 12.3. The van der Waals surface area contributed by atoms with E-state index in [-0.39, 0.29) is 11.8 Å². The summed E-state index contributed by atoms with van der Waals surface area (Å²) in [5, 5.41) is 14.2. The lowest BCUT2D eigenvalue weighted by Crippen LogP contribution is -2.25. The van der Waals surface area contributed by atoms with Gasteiger partial charge in [0.25, 0.3) is 11.8 Å². The Bertz CT molecular complexity index is 774. The van der Waals surface area contributed by atoms with Crippen molar-refractivity contribution in [2.75, 3.05) is 11.9 Å². The summed E-state index contributed by atoms with van der Waals surface area (Å²) in [4.78, 5) is 24.3. The van der Waals surface area contributed by atoms with Crippen LogP contribution in [0.2, 0.25) is 0 Å². The van der Waals surface area contributed by atoms with Crippen LogP contribution in [-0.2, 0) is 0 Å². The van der Waals surface area contributed by atoms with Crippen LogP contribution in [0.5, 0.6) is 0 Å². The smallest absolute Gasteiger partial charge is 0.255 e. The number of carbonyl (C=O) groups excluding carboxylic acids is 2. The Morgan fingerprint density at radius 2 is 1.78 bits per heavy atom. The van der Waals surface area contributed by atoms with Crippen molar-refractivity contribution in [3.05, 3.63) is 77.9 Å². The number of benzene rings is 2. The van der Waals surface area contributed by atoms with Crippen molar-refractivity contribution in [2.45, 2.75) is 0 Å². The topological polar surface area (TPSA) is 82.0 Å². The SMILES string of the molecule is C=CCNC(=O)c1ccccc1NC(=O)c1ccc(C#N)cc1. The van der Waals surface area contributed by atoms with Gasteiger partial charge in [0, 0.05) is 12.1 Å². The highest BCUT2D eigenvalue weighted by molar-refractivity contribution is 6.09. The lowest BCUT2D eigenvalue weighted by molar-refractivity contribution is 0.0959. The maximum Gasteiger partial charge on any atom is 0.255 e. The molecule has 23 heavy (non-hydrogen) atoms. The number of rotatable bonds is 5. The molecule has 0 unspecified atom stereocenters. The second-order valence-corrected chi connectivity index (χ2v) is 4.69. The minimum Gasteiger partial charge on any atom is -0.349 e. The van der Waals surface area contributed by atoms with E-state index in [1.54, 1.807) is 54.6 Å². The van der Waals surface area contributed by atoms with Crippen LogP contribution in [0, 0.1) is 11.3 Å². The van der Waals surface area contributed by atoms with Crippen LogP contribution in [-0.4, -0.2) is 18.4 Å². The molecule has 0 saturated carbocycles. The largest absolute Gasteiger partial charge is 0.349 e. The lowest BCUT2D eigenvalue weighted by Gasteiger charge is -2.11. The normalized spacial score (nSPS) is 9.52. The molecule has 2 N–H and O–H groups in total. The fraction of sp³-hybridized carbons (Fsp3) is 0.0556. The Morgan fingerprint density at radius 1 is 1.09 bits per heavy atom. The molecule has 0 heterocycles. The van der Waals surface area contributed by atoms with Gasteiger partial charge >= 0.3 is 0 Å². The molecule has 0 radical (unpaired) electrons. The average molecular weight is 305 g/mol. The number of nitriles is 1. The molecule has 2 amide bonds. The number of nitrogens with one attached hydrogen (secondary N) is 2. The number of para-hydroxylation sites is 1. The zero-order valence-corrected chi connectivity index (χ0v) is 12.4. The minimum atomic E-state index is -0.349. The molecule has 0 saturated heterocycles. The molecule has 2 aromatic carbocycles. The van der Waals surface area contributed by atoms with E-state index in [1.807, 2.05) is 6.07 Å². The molecule has 2 aromatic rings. The molecule has 0 fully saturated rings. The minimum absolute atomic E-state index is 0.291. The fourth-order valence-corrected chi connectivity index (χ4v) is 1.94. The predicted molar refractivity (Wildman–Crippen MR) is 88.1 cm³/mol. The molecular weight excluding hydrogens is 290 g/mol. The van der Waals surface area contributed by atoms with Crippen molar-refractivity contribution in [3.63, 3.8) is 0 Å². The van der Waals surface area contributed by atoms with Gasteiger partial charge in [-0.3, -0.25) is 9.59 Å². The molecule has 0 bridgehead atoms. The summed E-state index contributed by atoms with van der Waals surface area (Å²) in [5.41, 5.74) is 1.68. The van der Waals surface area contributed by atoms with Crippen molar-refractivity contribution < 1.29 is 9.59 Å². The van der Waals surface area contributed by atoms with Crippen molar-refractivity contribution in [1.82, 2.24) is 5.32 Å². The monoisotopic (exact) mass is 305 g/mol. The third-order valence-electron chi connectivity index (χ3n) is 3.10. The molecule has 5 nitrogen and oxygen atoms in total. The van der Waals surface area contributed by atoms with E-state index in [4.69, 9.17) is 5.26 Å². The van der Waals surface area contributed by atoms with Gasteiger partial charge in [0.05, 0.1) is 22.9 Å². The van der Waals surface area contributed by atoms with Crippen molar-refractivity contribution in [2.24, 2.45) is 0 Å². The van der Waals surface area contributed by atoms with E-state index in [0.29, 0.717) is 28.9 Å². The van der Waals surface area contributed by atoms with E-state index in [2.05, 4.69) is 17.2 Å². The first-order chi connectivity index (χ1) is 11.2. The Hall–Kier alpha value is -3.39. The van der Waals surface area contributed by atoms with E-state index in [0.717, 1.165) is 0 Å². The first-order valence-electron chi connectivity index (χ1n) is 6.95. The number of hydrogen-bond donors (Lipinski definition) is 2. The average Bonchev–Trinajstić information content (AvgIpc) is 2.60. The Kier molecular flexibility index (Phi) is 5.26. The fourth-order valence-electron chi connectivity index (χ4n) is 1.94. The molecule has 0 aliphatic heterocycles. The molecular formula is C18H15N3O2. The molecule has 0 aromatic heterocycles. The Morgan fingerprint density at radius 3 is 2.43 bits per heavy atom. The zero-order chi connectivity index (χ0) is 16.7. The van der Waals surface area contributed by atoms with Gasteiger partial charge in [-0.25, -0.2) is 0 Å². The molecule has 0 spiro atoms. The van der Waals surface area contributed by atoms with E-state index < -0.39 is 0 Å². The second kappa shape index (κ2) is 7.57. The van der Waals surface area contributed by atoms with Gasteiger partial charge in [0.2, 0.25) is 0 Å². The lowest BCUT2D eigenvalue weighted by atomic mass is 10.1. The summed E-state index contributed by atoms with van der Waals surface area (Å²) >= 11 is 0. The molecule has 0 aliphatic rings. The van der Waals surface area contributed by atoms with Crippen LogP contribution in [0.1, 0.15) is 26.3 Å². The summed E-state index contributed by atoms with van der Waals surface area (Å²) in [7, 11) is 0. The highest BCUT2D eigenvalue weighted by Crippen LogP contribution is 2.16. The van der Waals surface area contributed by atoms with Gasteiger partial charge in [0.1, 0.15) is 0 Å². The maximum atomic E-state index is 12.3. The van der Waals surface area contributed by atoms with Crippen molar-refractivity contribution in [3.8, 4) is 6.07 Å². The van der Waals surface area contributed by atoms with Crippen molar-refractivity contribution >= 4 is 17.5 Å². The standard InChI is InChI=1S/C18H15N3O2/c1-2-11-20-18(23)15-5-3-4-6-16(15)21-17(22)14-9-7-13(12-19)8-10-14/h2-10H,1,11H2,(H,20,23)(H,21,22). The summed E-state index contributed by atoms with van der Waals surface area (Å²) < 4.78 is 0. The molecule has 114 valence electrons. The first kappa shape index (κ1) is 16.0. The van der Waals surface area contributed by atoms with E-state index in [9.17, 15) is 9.59 Å². The first-order valence-corrected chi connectivity index (χ1v) is 6.95. The third kappa shape index (κ3) is 4.05. The number of nitrogens with zero attached hydrogens (tertiary/aromatic N) is 1. The number of amides is 2. The quantitative estimate of drug-likeness (QED) is 0.833. The summed E-state index contributed by atoms with van der Waals surface area (Å²) in [6.07, 6.45) is 1.58. The number of anilines is 1. The molecule has 0 atom stereocenters. The zero-order valence-electron chi connectivity index (χ0n) is 12.4. The number of hydrogen-bond acceptors (Lipinski definition) is 3. The highest BCUT2D eigenvalue weighted by atomic mass is 16.2. The van der Waals surface area contributed by atoms with Gasteiger partial charge in [0.15, 0.2) is 0 Å². The van der Waals surface area contributed by atoms with Gasteiger partial charge in [-0.05, 0) is 36.4 Å². The van der Waals surface area contributed by atoms with Crippen LogP contribution in [0.3, 0.4) is 0 Å². The van der Waals surface area contributed by atoms with Crippen LogP contribution >= 0.6 is 0 Å². The highest BCUT2D eigenvalue weighted by Gasteiger charge is 2.13. The Labute approximate surface area is 134 Å². The van der Waals surface area contributed by atoms with Crippen LogP contribution in [0.15, 0.2) is 61.2 Å². The second-order valence-electron chi connectivity index (χ2n) is 4.69.